The van der Waals surface area contributed by atoms with Gasteiger partial charge in [-0.05, 0) is 96.5 Å². The number of benzene rings is 4. The van der Waals surface area contributed by atoms with Crippen molar-refractivity contribution in [2.75, 3.05) is 28.4 Å². The van der Waals surface area contributed by atoms with E-state index in [1.807, 2.05) is 62.4 Å². The molecule has 0 saturated carbocycles. The highest BCUT2D eigenvalue weighted by Crippen LogP contribution is 2.28. The summed E-state index contributed by atoms with van der Waals surface area (Å²) < 4.78 is 18.5. The van der Waals surface area contributed by atoms with Crippen LogP contribution in [0.4, 0.5) is 0 Å². The Morgan fingerprint density at radius 3 is 0.843 bits per heavy atom. The average Bonchev–Trinajstić information content (AvgIpc) is 3.37. The predicted octanol–water partition coefficient (Wildman–Crippen LogP) is 12.8. The summed E-state index contributed by atoms with van der Waals surface area (Å²) in [5, 5.41) is 37.5. The first-order valence-electron chi connectivity index (χ1n) is 23.3. The van der Waals surface area contributed by atoms with Crippen LogP contribution in [0.5, 0.6) is 23.0 Å². The maximum Gasteiger partial charge on any atom is 0.306 e. The van der Waals surface area contributed by atoms with Gasteiger partial charge in [-0.1, -0.05) is 125 Å². The highest BCUT2D eigenvalue weighted by molar-refractivity contribution is 5.72. The fourth-order valence-electron chi connectivity index (χ4n) is 6.28. The molecule has 0 unspecified atom stereocenters. The van der Waals surface area contributed by atoms with Gasteiger partial charge in [-0.3, -0.25) is 19.2 Å². The maximum absolute atomic E-state index is 11.3. The highest BCUT2D eigenvalue weighted by Gasteiger charge is 2.17. The Kier molecular flexibility index (Phi) is 34.6. The van der Waals surface area contributed by atoms with Crippen LogP contribution < -0.4 is 0 Å². The molecule has 0 fully saturated rings. The van der Waals surface area contributed by atoms with Gasteiger partial charge in [0.2, 0.25) is 0 Å². The predicted molar refractivity (Wildman–Crippen MR) is 279 cm³/mol. The first-order valence-corrected chi connectivity index (χ1v) is 23.3. The Morgan fingerprint density at radius 1 is 0.414 bits per heavy atom. The number of hydrogen-bond acceptors (Lipinski definition) is 12. The molecular formula is C58H76O12. The monoisotopic (exact) mass is 965 g/mol. The Hall–Kier alpha value is -7.34. The lowest BCUT2D eigenvalue weighted by Gasteiger charge is -2.12. The van der Waals surface area contributed by atoms with Crippen LogP contribution in [-0.4, -0.2) is 72.7 Å². The summed E-state index contributed by atoms with van der Waals surface area (Å²) in [5.41, 5.74) is 3.55. The number of hydrogen-bond donors (Lipinski definition) is 4. The van der Waals surface area contributed by atoms with E-state index in [1.54, 1.807) is 84.9 Å². The quantitative estimate of drug-likeness (QED) is 0.0374. The molecule has 12 heteroatoms. The Bertz CT molecular complexity index is 2070. The summed E-state index contributed by atoms with van der Waals surface area (Å²) in [7, 11) is 5.46. The molecule has 0 saturated heterocycles. The zero-order valence-electron chi connectivity index (χ0n) is 42.3. The first-order chi connectivity index (χ1) is 33.6. The van der Waals surface area contributed by atoms with E-state index >= 15 is 0 Å². The molecule has 0 radical (unpaired) electrons. The normalized spacial score (nSPS) is 12.1. The van der Waals surface area contributed by atoms with Gasteiger partial charge in [0.05, 0.1) is 54.1 Å². The third-order valence-electron chi connectivity index (χ3n) is 10.1. The van der Waals surface area contributed by atoms with Crippen molar-refractivity contribution in [3.8, 4) is 23.0 Å². The molecule has 0 aromatic heterocycles. The van der Waals surface area contributed by atoms with Crippen LogP contribution in [-0.2, 0) is 38.1 Å². The molecule has 4 aromatic rings. The fourth-order valence-corrected chi connectivity index (χ4v) is 6.28. The zero-order chi connectivity index (χ0) is 52.7. The number of phenols is 4. The second-order valence-corrected chi connectivity index (χ2v) is 15.4. The van der Waals surface area contributed by atoms with Crippen molar-refractivity contribution in [3.05, 3.63) is 181 Å². The van der Waals surface area contributed by atoms with Crippen molar-refractivity contribution < 1.29 is 58.6 Å². The van der Waals surface area contributed by atoms with Gasteiger partial charge in [0, 0.05) is 23.7 Å². The van der Waals surface area contributed by atoms with Gasteiger partial charge in [-0.2, -0.15) is 0 Å². The number of aromatic hydroxyl groups is 4. The molecule has 0 aliphatic heterocycles. The lowest BCUT2D eigenvalue weighted by molar-refractivity contribution is -0.141. The largest absolute Gasteiger partial charge is 0.508 e. The van der Waals surface area contributed by atoms with E-state index in [2.05, 4.69) is 58.1 Å². The SMILES string of the molecule is C=C[C@H](CC(=O)OC)c1cccc(O)c1.C=C[C@H](CC(=O)OC)c1cccc(O)c1.CC/C=C/CC.CC/C=C/[C@H](CC(=O)OC)c1cccc(O)c1.CC/C=C/[C@H](CC(=O)OC)c1cccc(O)c1. The number of allylic oxidation sites excluding steroid dienone is 8. The first kappa shape index (κ1) is 62.7. The Morgan fingerprint density at radius 2 is 0.643 bits per heavy atom. The molecule has 4 N–H and O–H groups in total. The molecule has 0 aliphatic rings. The molecule has 0 amide bonds. The van der Waals surface area contributed by atoms with Crippen LogP contribution in [0.3, 0.4) is 0 Å². The van der Waals surface area contributed by atoms with Crippen LogP contribution in [0, 0.1) is 0 Å². The van der Waals surface area contributed by atoms with Crippen molar-refractivity contribution in [3.63, 3.8) is 0 Å². The maximum atomic E-state index is 11.3. The number of ether oxygens (including phenoxy) is 4. The van der Waals surface area contributed by atoms with Crippen LogP contribution in [0.25, 0.3) is 0 Å². The van der Waals surface area contributed by atoms with Crippen LogP contribution in [0.1, 0.15) is 125 Å². The number of methoxy groups -OCH3 is 4. The van der Waals surface area contributed by atoms with E-state index in [9.17, 15) is 39.6 Å². The number of esters is 4. The number of rotatable bonds is 20. The lowest BCUT2D eigenvalue weighted by atomic mass is 9.95. The minimum Gasteiger partial charge on any atom is -0.508 e. The van der Waals surface area contributed by atoms with Crippen LogP contribution >= 0.6 is 0 Å². The van der Waals surface area contributed by atoms with E-state index in [1.165, 1.54) is 41.3 Å². The standard InChI is InChI=1S/2C14H18O3.2C12H14O3.C6H12/c2*1-3-4-6-12(10-14(16)17-2)11-7-5-8-13(15)9-11;2*1-3-9(8-12(14)15-2)10-5-4-6-11(13)7-10;1-3-5-6-4-2/h2*4-9,12,15H,3,10H2,1-2H3;2*3-7,9,13H,1,8H2,2H3;5-6H,3-4H2,1-2H3/b2*6-4+;;;6-5+/t2*12-;2*9-;/m1111./s1. The van der Waals surface area contributed by atoms with E-state index < -0.39 is 0 Å². The lowest BCUT2D eigenvalue weighted by Crippen LogP contribution is -2.06. The number of phenolic OH excluding ortho intramolecular Hbond substituents is 4. The topological polar surface area (TPSA) is 186 Å². The van der Waals surface area contributed by atoms with Crippen LogP contribution in [0.15, 0.2) is 159 Å². The fraction of sp³-hybridized carbons (Fsp3) is 0.345. The summed E-state index contributed by atoms with van der Waals surface area (Å²) in [4.78, 5) is 44.9. The van der Waals surface area contributed by atoms with Crippen molar-refractivity contribution in [2.45, 2.75) is 103 Å². The van der Waals surface area contributed by atoms with Gasteiger partial charge in [-0.15, -0.1) is 13.2 Å². The van der Waals surface area contributed by atoms with Gasteiger partial charge in [0.25, 0.3) is 0 Å². The number of carbonyl (C=O) groups is 4. The smallest absolute Gasteiger partial charge is 0.306 e. The minimum absolute atomic E-state index is 0.0468. The molecular weight excluding hydrogens is 889 g/mol. The highest BCUT2D eigenvalue weighted by atomic mass is 16.5. The van der Waals surface area contributed by atoms with E-state index in [4.69, 9.17) is 0 Å². The molecule has 0 aliphatic carbocycles. The molecule has 12 nitrogen and oxygen atoms in total. The molecule has 0 bridgehead atoms. The average molecular weight is 965 g/mol. The molecule has 4 rings (SSSR count). The third-order valence-corrected chi connectivity index (χ3v) is 10.1. The molecule has 380 valence electrons. The summed E-state index contributed by atoms with van der Waals surface area (Å²) in [6, 6.07) is 27.5. The Labute approximate surface area is 416 Å². The zero-order valence-corrected chi connectivity index (χ0v) is 42.3. The van der Waals surface area contributed by atoms with Gasteiger partial charge in [0.1, 0.15) is 23.0 Å². The van der Waals surface area contributed by atoms with E-state index in [0.717, 1.165) is 35.1 Å². The summed E-state index contributed by atoms with van der Waals surface area (Å²) in [6.45, 7) is 15.7. The Balaban J connectivity index is 0.000000873. The van der Waals surface area contributed by atoms with Crippen molar-refractivity contribution in [1.29, 1.82) is 0 Å². The van der Waals surface area contributed by atoms with Crippen molar-refractivity contribution in [2.24, 2.45) is 0 Å². The molecule has 4 atom stereocenters. The molecule has 0 spiro atoms. The third kappa shape index (κ3) is 28.1. The molecule has 0 heterocycles. The minimum atomic E-state index is -0.289. The summed E-state index contributed by atoms with van der Waals surface area (Å²) in [5.74, 6) is -0.624. The van der Waals surface area contributed by atoms with Gasteiger partial charge in [-0.25, -0.2) is 0 Å². The molecule has 4 aromatic carbocycles. The van der Waals surface area contributed by atoms with E-state index in [-0.39, 0.29) is 96.2 Å². The van der Waals surface area contributed by atoms with Gasteiger partial charge in [0.15, 0.2) is 0 Å². The second-order valence-electron chi connectivity index (χ2n) is 15.4. The van der Waals surface area contributed by atoms with E-state index in [0.29, 0.717) is 0 Å². The van der Waals surface area contributed by atoms with Gasteiger partial charge < -0.3 is 39.4 Å². The summed E-state index contributed by atoms with van der Waals surface area (Å²) in [6.07, 6.45) is 20.9. The number of carbonyl (C=O) groups excluding carboxylic acids is 4. The van der Waals surface area contributed by atoms with Gasteiger partial charge >= 0.3 is 23.9 Å². The molecule has 70 heavy (non-hydrogen) atoms. The second kappa shape index (κ2) is 38.6. The van der Waals surface area contributed by atoms with Crippen molar-refractivity contribution >= 4 is 23.9 Å². The summed E-state index contributed by atoms with van der Waals surface area (Å²) >= 11 is 0. The van der Waals surface area contributed by atoms with Crippen LogP contribution in [0.2, 0.25) is 0 Å². The van der Waals surface area contributed by atoms with Crippen molar-refractivity contribution in [1.82, 2.24) is 0 Å².